The first kappa shape index (κ1) is 25.4. The molecule has 0 amide bonds. The first-order valence-corrected chi connectivity index (χ1v) is 14.2. The molecule has 0 aliphatic heterocycles. The van der Waals surface area contributed by atoms with Gasteiger partial charge >= 0.3 is 8.80 Å². The van der Waals surface area contributed by atoms with Gasteiger partial charge < -0.3 is 18.0 Å². The van der Waals surface area contributed by atoms with E-state index in [-0.39, 0.29) is 0 Å². The van der Waals surface area contributed by atoms with Crippen molar-refractivity contribution in [2.45, 2.75) is 91.0 Å². The Morgan fingerprint density at radius 2 is 1.40 bits per heavy atom. The van der Waals surface area contributed by atoms with Gasteiger partial charge in [0, 0.05) is 25.9 Å². The summed E-state index contributed by atoms with van der Waals surface area (Å²) >= 11 is 0. The number of benzene rings is 1. The highest BCUT2D eigenvalue weighted by Crippen LogP contribution is 2.38. The van der Waals surface area contributed by atoms with Crippen molar-refractivity contribution in [3.8, 4) is 5.75 Å². The summed E-state index contributed by atoms with van der Waals surface area (Å²) in [6.07, 6.45) is 10.5. The normalized spacial score (nSPS) is 19.7. The maximum absolute atomic E-state index is 6.00. The van der Waals surface area contributed by atoms with Crippen LogP contribution >= 0.6 is 0 Å². The van der Waals surface area contributed by atoms with E-state index in [1.165, 1.54) is 50.5 Å². The van der Waals surface area contributed by atoms with Crippen LogP contribution < -0.4 is 4.74 Å². The molecule has 1 aliphatic rings. The van der Waals surface area contributed by atoms with Gasteiger partial charge in [0.2, 0.25) is 0 Å². The van der Waals surface area contributed by atoms with E-state index in [1.807, 2.05) is 20.8 Å². The third kappa shape index (κ3) is 8.33. The van der Waals surface area contributed by atoms with Crippen molar-refractivity contribution in [3.05, 3.63) is 29.8 Å². The summed E-state index contributed by atoms with van der Waals surface area (Å²) in [6.45, 7) is 10.8. The average molecular weight is 437 g/mol. The van der Waals surface area contributed by atoms with Crippen molar-refractivity contribution in [2.24, 2.45) is 5.92 Å². The second kappa shape index (κ2) is 14.2. The molecule has 5 heteroatoms. The number of hydrogen-bond acceptors (Lipinski definition) is 4. The van der Waals surface area contributed by atoms with Gasteiger partial charge in [0.25, 0.3) is 0 Å². The van der Waals surface area contributed by atoms with Crippen LogP contribution in [-0.2, 0) is 13.3 Å². The Bertz CT molecular complexity index is 538. The van der Waals surface area contributed by atoms with E-state index in [0.717, 1.165) is 30.1 Å². The molecule has 0 bridgehead atoms. The van der Waals surface area contributed by atoms with Crippen molar-refractivity contribution in [2.75, 3.05) is 26.4 Å². The summed E-state index contributed by atoms with van der Waals surface area (Å²) in [5, 5.41) is 0. The zero-order chi connectivity index (χ0) is 21.7. The van der Waals surface area contributed by atoms with Crippen molar-refractivity contribution in [1.82, 2.24) is 0 Å². The van der Waals surface area contributed by atoms with Gasteiger partial charge in [-0.25, -0.2) is 0 Å². The van der Waals surface area contributed by atoms with Gasteiger partial charge in [-0.2, -0.15) is 0 Å². The molecule has 0 aromatic heterocycles. The first-order chi connectivity index (χ1) is 14.7. The highest BCUT2D eigenvalue weighted by atomic mass is 28.4. The van der Waals surface area contributed by atoms with Gasteiger partial charge in [0.15, 0.2) is 0 Å². The van der Waals surface area contributed by atoms with Crippen LogP contribution in [0.5, 0.6) is 5.75 Å². The summed E-state index contributed by atoms with van der Waals surface area (Å²) in [4.78, 5) is 0. The molecule has 1 aromatic carbocycles. The maximum atomic E-state index is 6.00. The summed E-state index contributed by atoms with van der Waals surface area (Å²) in [6, 6.07) is 9.60. The van der Waals surface area contributed by atoms with Crippen molar-refractivity contribution >= 4 is 8.80 Å². The summed E-state index contributed by atoms with van der Waals surface area (Å²) < 4.78 is 23.7. The molecule has 172 valence electrons. The van der Waals surface area contributed by atoms with Gasteiger partial charge in [-0.1, -0.05) is 38.3 Å². The molecule has 1 aromatic rings. The van der Waals surface area contributed by atoms with Gasteiger partial charge in [-0.05, 0) is 82.4 Å². The molecule has 0 unspecified atom stereocenters. The molecule has 30 heavy (non-hydrogen) atoms. The lowest BCUT2D eigenvalue weighted by atomic mass is 9.77. The zero-order valence-electron chi connectivity index (χ0n) is 19.8. The Balaban J connectivity index is 1.75. The molecule has 0 spiro atoms. The Kier molecular flexibility index (Phi) is 12.0. The van der Waals surface area contributed by atoms with Crippen molar-refractivity contribution in [3.63, 3.8) is 0 Å². The zero-order valence-corrected chi connectivity index (χ0v) is 20.8. The summed E-state index contributed by atoms with van der Waals surface area (Å²) in [7, 11) is -2.56. The SMILES string of the molecule is CCCCC1CCC(c2ccc(OCCC[Si](OCC)(OCC)OCC)cc2)CC1. The van der Waals surface area contributed by atoms with Gasteiger partial charge in [-0.3, -0.25) is 0 Å². The van der Waals surface area contributed by atoms with Crippen LogP contribution in [0, 0.1) is 5.92 Å². The minimum absolute atomic E-state index is 0.620. The van der Waals surface area contributed by atoms with Crippen molar-refractivity contribution in [1.29, 1.82) is 0 Å². The average Bonchev–Trinajstić information content (AvgIpc) is 2.77. The van der Waals surface area contributed by atoms with E-state index in [9.17, 15) is 0 Å². The fourth-order valence-corrected chi connectivity index (χ4v) is 7.17. The lowest BCUT2D eigenvalue weighted by molar-refractivity contribution is 0.0696. The molecule has 0 N–H and O–H groups in total. The van der Waals surface area contributed by atoms with Crippen LogP contribution in [-0.4, -0.2) is 35.2 Å². The minimum atomic E-state index is -2.56. The van der Waals surface area contributed by atoms with E-state index < -0.39 is 8.80 Å². The highest BCUT2D eigenvalue weighted by Gasteiger charge is 2.39. The second-order valence-corrected chi connectivity index (χ2v) is 11.1. The van der Waals surface area contributed by atoms with E-state index in [2.05, 4.69) is 31.2 Å². The van der Waals surface area contributed by atoms with Gasteiger partial charge in [-0.15, -0.1) is 0 Å². The topological polar surface area (TPSA) is 36.9 Å². The Morgan fingerprint density at radius 3 is 1.93 bits per heavy atom. The number of unbranched alkanes of at least 4 members (excludes halogenated alkanes) is 1. The Labute approximate surface area is 186 Å². The molecule has 0 radical (unpaired) electrons. The minimum Gasteiger partial charge on any atom is -0.494 e. The number of ether oxygens (including phenoxy) is 1. The van der Waals surface area contributed by atoms with Crippen LogP contribution in [0.2, 0.25) is 6.04 Å². The smallest absolute Gasteiger partial charge is 0.494 e. The van der Waals surface area contributed by atoms with Crippen LogP contribution in [0.15, 0.2) is 24.3 Å². The highest BCUT2D eigenvalue weighted by molar-refractivity contribution is 6.60. The molecular weight excluding hydrogens is 392 g/mol. The quantitative estimate of drug-likeness (QED) is 0.220. The fraction of sp³-hybridized carbons (Fsp3) is 0.760. The standard InChI is InChI=1S/C25H44O4Si/c1-5-9-11-22-12-14-23(15-13-22)24-16-18-25(19-17-24)26-20-10-21-30(27-6-2,28-7-3)29-8-4/h16-19,22-23H,5-15,20-21H2,1-4H3. The molecule has 4 nitrogen and oxygen atoms in total. The van der Waals surface area contributed by atoms with E-state index in [0.29, 0.717) is 26.4 Å². The largest absolute Gasteiger partial charge is 0.501 e. The maximum Gasteiger partial charge on any atom is 0.501 e. The van der Waals surface area contributed by atoms with Crippen LogP contribution in [0.4, 0.5) is 0 Å². The van der Waals surface area contributed by atoms with E-state index >= 15 is 0 Å². The number of hydrogen-bond donors (Lipinski definition) is 0. The monoisotopic (exact) mass is 436 g/mol. The molecular formula is C25H44O4Si. The first-order valence-electron chi connectivity index (χ1n) is 12.3. The lowest BCUT2D eigenvalue weighted by Crippen LogP contribution is -2.46. The predicted molar refractivity (Wildman–Crippen MR) is 126 cm³/mol. The van der Waals surface area contributed by atoms with E-state index in [4.69, 9.17) is 18.0 Å². The molecule has 0 heterocycles. The molecule has 0 atom stereocenters. The molecule has 1 saturated carbocycles. The molecule has 1 aliphatic carbocycles. The van der Waals surface area contributed by atoms with Crippen molar-refractivity contribution < 1.29 is 18.0 Å². The third-order valence-electron chi connectivity index (χ3n) is 6.15. The Morgan fingerprint density at radius 1 is 0.800 bits per heavy atom. The molecule has 2 rings (SSSR count). The Hall–Kier alpha value is -0.883. The third-order valence-corrected chi connectivity index (χ3v) is 9.30. The van der Waals surface area contributed by atoms with Crippen LogP contribution in [0.25, 0.3) is 0 Å². The summed E-state index contributed by atoms with van der Waals surface area (Å²) in [5.41, 5.74) is 1.48. The lowest BCUT2D eigenvalue weighted by Gasteiger charge is -2.29. The van der Waals surface area contributed by atoms with E-state index in [1.54, 1.807) is 0 Å². The summed E-state index contributed by atoms with van der Waals surface area (Å²) in [5.74, 6) is 2.64. The van der Waals surface area contributed by atoms with Gasteiger partial charge in [0.05, 0.1) is 6.61 Å². The van der Waals surface area contributed by atoms with Crippen LogP contribution in [0.1, 0.15) is 90.5 Å². The number of rotatable bonds is 15. The molecule has 1 fully saturated rings. The van der Waals surface area contributed by atoms with Crippen LogP contribution in [0.3, 0.4) is 0 Å². The fourth-order valence-electron chi connectivity index (χ4n) is 4.59. The van der Waals surface area contributed by atoms with Gasteiger partial charge in [0.1, 0.15) is 5.75 Å². The molecule has 0 saturated heterocycles. The second-order valence-electron chi connectivity index (χ2n) is 8.36. The predicted octanol–water partition coefficient (Wildman–Crippen LogP) is 6.97.